The number of aryl methyl sites for hydroxylation is 1. The molecule has 0 unspecified atom stereocenters. The highest BCUT2D eigenvalue weighted by atomic mass is 15.3. The van der Waals surface area contributed by atoms with Crippen LogP contribution in [0.3, 0.4) is 0 Å². The summed E-state index contributed by atoms with van der Waals surface area (Å²) in [5, 5.41) is 0. The maximum atomic E-state index is 4.46. The van der Waals surface area contributed by atoms with Gasteiger partial charge < -0.3 is 4.90 Å². The Morgan fingerprint density at radius 3 is 2.77 bits per heavy atom. The predicted molar refractivity (Wildman–Crippen MR) is 52.8 cm³/mol. The minimum Gasteiger partial charge on any atom is -0.353 e. The van der Waals surface area contributed by atoms with Crippen molar-refractivity contribution in [1.29, 1.82) is 0 Å². The van der Waals surface area contributed by atoms with E-state index in [2.05, 4.69) is 28.9 Å². The zero-order valence-electron chi connectivity index (χ0n) is 7.90. The molecule has 0 amide bonds. The molecule has 2 bridgehead atoms. The standard InChI is InChI=1S/C11H14N2/c1-8-2-3-11(12-6-8)13-7-9-4-10(13)5-9/h2-3,6,9-10H,4-5,7H2,1H3. The molecule has 13 heavy (non-hydrogen) atoms. The van der Waals surface area contributed by atoms with Gasteiger partial charge in [-0.25, -0.2) is 4.98 Å². The van der Waals surface area contributed by atoms with Gasteiger partial charge >= 0.3 is 0 Å². The molecule has 1 aromatic rings. The predicted octanol–water partition coefficient (Wildman–Crippen LogP) is 1.99. The molecule has 2 heteroatoms. The van der Waals surface area contributed by atoms with Crippen molar-refractivity contribution in [3.63, 3.8) is 0 Å². The molecule has 3 fully saturated rings. The van der Waals surface area contributed by atoms with Gasteiger partial charge in [-0.15, -0.1) is 0 Å². The number of aromatic nitrogens is 1. The minimum absolute atomic E-state index is 0.806. The summed E-state index contributed by atoms with van der Waals surface area (Å²) in [6.07, 6.45) is 4.76. The highest BCUT2D eigenvalue weighted by Gasteiger charge is 2.42. The molecule has 0 aromatic carbocycles. The van der Waals surface area contributed by atoms with Crippen LogP contribution < -0.4 is 4.90 Å². The van der Waals surface area contributed by atoms with Crippen LogP contribution >= 0.6 is 0 Å². The second kappa shape index (κ2) is 2.47. The number of fused-ring (bicyclic) bond motifs is 1. The first-order valence-corrected chi connectivity index (χ1v) is 5.02. The molecule has 0 spiro atoms. The van der Waals surface area contributed by atoms with Crippen molar-refractivity contribution >= 4 is 5.82 Å². The van der Waals surface area contributed by atoms with Crippen LogP contribution in [-0.4, -0.2) is 17.6 Å². The van der Waals surface area contributed by atoms with E-state index in [9.17, 15) is 0 Å². The lowest BCUT2D eigenvalue weighted by atomic mass is 9.86. The topological polar surface area (TPSA) is 16.1 Å². The van der Waals surface area contributed by atoms with Crippen molar-refractivity contribution in [3.8, 4) is 0 Å². The summed E-state index contributed by atoms with van der Waals surface area (Å²) in [5.41, 5.74) is 1.25. The van der Waals surface area contributed by atoms with E-state index in [0.29, 0.717) is 0 Å². The van der Waals surface area contributed by atoms with Crippen LogP contribution in [0.15, 0.2) is 18.3 Å². The van der Waals surface area contributed by atoms with Crippen LogP contribution in [-0.2, 0) is 0 Å². The zero-order chi connectivity index (χ0) is 8.84. The van der Waals surface area contributed by atoms with Gasteiger partial charge in [0.1, 0.15) is 5.82 Å². The Hall–Kier alpha value is -1.05. The maximum absolute atomic E-state index is 4.46. The monoisotopic (exact) mass is 174 g/mol. The average Bonchev–Trinajstić information content (AvgIpc) is 2.62. The molecule has 0 atom stereocenters. The molecule has 3 aliphatic rings. The lowest BCUT2D eigenvalue weighted by Gasteiger charge is -2.26. The molecule has 68 valence electrons. The van der Waals surface area contributed by atoms with E-state index in [4.69, 9.17) is 0 Å². The Morgan fingerprint density at radius 1 is 1.38 bits per heavy atom. The van der Waals surface area contributed by atoms with Crippen molar-refractivity contribution in [3.05, 3.63) is 23.9 Å². The third-order valence-electron chi connectivity index (χ3n) is 3.30. The number of hydrogen-bond acceptors (Lipinski definition) is 2. The van der Waals surface area contributed by atoms with Gasteiger partial charge in [-0.1, -0.05) is 6.07 Å². The Labute approximate surface area is 78.6 Å². The molecule has 1 aromatic heterocycles. The SMILES string of the molecule is Cc1ccc(N2CC3CC2C3)nc1. The van der Waals surface area contributed by atoms with E-state index in [1.807, 2.05) is 6.20 Å². The van der Waals surface area contributed by atoms with Crippen LogP contribution in [0.2, 0.25) is 0 Å². The van der Waals surface area contributed by atoms with Gasteiger partial charge in [0, 0.05) is 18.8 Å². The average molecular weight is 174 g/mol. The molecule has 1 aliphatic carbocycles. The first-order chi connectivity index (χ1) is 6.33. The van der Waals surface area contributed by atoms with Crippen molar-refractivity contribution in [2.24, 2.45) is 5.92 Å². The van der Waals surface area contributed by atoms with Gasteiger partial charge in [-0.3, -0.25) is 0 Å². The van der Waals surface area contributed by atoms with E-state index >= 15 is 0 Å². The van der Waals surface area contributed by atoms with E-state index in [-0.39, 0.29) is 0 Å². The molecule has 4 rings (SSSR count). The largest absolute Gasteiger partial charge is 0.353 e. The van der Waals surface area contributed by atoms with E-state index in [0.717, 1.165) is 12.0 Å². The summed E-state index contributed by atoms with van der Waals surface area (Å²) < 4.78 is 0. The number of anilines is 1. The maximum Gasteiger partial charge on any atom is 0.128 e. The lowest BCUT2D eigenvalue weighted by Crippen LogP contribution is -2.29. The van der Waals surface area contributed by atoms with Gasteiger partial charge in [0.2, 0.25) is 0 Å². The Bertz CT molecular complexity index is 311. The number of hydrogen-bond donors (Lipinski definition) is 0. The highest BCUT2D eigenvalue weighted by Crippen LogP contribution is 2.42. The molecule has 0 N–H and O–H groups in total. The molecule has 3 heterocycles. The van der Waals surface area contributed by atoms with E-state index < -0.39 is 0 Å². The second-order valence-electron chi connectivity index (χ2n) is 4.34. The minimum atomic E-state index is 0.806. The smallest absolute Gasteiger partial charge is 0.128 e. The Kier molecular flexibility index (Phi) is 1.40. The van der Waals surface area contributed by atoms with E-state index in [1.165, 1.54) is 30.8 Å². The van der Waals surface area contributed by atoms with Crippen molar-refractivity contribution in [1.82, 2.24) is 4.98 Å². The van der Waals surface area contributed by atoms with Crippen LogP contribution in [0.25, 0.3) is 0 Å². The first kappa shape index (κ1) is 7.36. The first-order valence-electron chi connectivity index (χ1n) is 5.02. The Balaban J connectivity index is 1.88. The fraction of sp³-hybridized carbons (Fsp3) is 0.545. The summed E-state index contributed by atoms with van der Waals surface area (Å²) in [7, 11) is 0. The van der Waals surface area contributed by atoms with Gasteiger partial charge in [0.25, 0.3) is 0 Å². The zero-order valence-corrected chi connectivity index (χ0v) is 7.90. The highest BCUT2D eigenvalue weighted by molar-refractivity contribution is 5.44. The molecule has 2 aliphatic heterocycles. The van der Waals surface area contributed by atoms with Crippen molar-refractivity contribution in [2.45, 2.75) is 25.8 Å². The molecule has 2 nitrogen and oxygen atoms in total. The molecule has 2 saturated heterocycles. The summed E-state index contributed by atoms with van der Waals surface area (Å²) in [5.74, 6) is 2.14. The van der Waals surface area contributed by atoms with Gasteiger partial charge in [-0.2, -0.15) is 0 Å². The van der Waals surface area contributed by atoms with Gasteiger partial charge in [0.05, 0.1) is 0 Å². The number of nitrogens with zero attached hydrogens (tertiary/aromatic N) is 2. The third kappa shape index (κ3) is 1.05. The van der Waals surface area contributed by atoms with E-state index in [1.54, 1.807) is 0 Å². The van der Waals surface area contributed by atoms with Gasteiger partial charge in [0.15, 0.2) is 0 Å². The molecule has 0 radical (unpaired) electrons. The fourth-order valence-corrected chi connectivity index (χ4v) is 2.44. The summed E-state index contributed by atoms with van der Waals surface area (Å²) in [4.78, 5) is 6.93. The lowest BCUT2D eigenvalue weighted by molar-refractivity contribution is 0.380. The van der Waals surface area contributed by atoms with Crippen molar-refractivity contribution in [2.75, 3.05) is 11.4 Å². The second-order valence-corrected chi connectivity index (χ2v) is 4.34. The third-order valence-corrected chi connectivity index (χ3v) is 3.30. The van der Waals surface area contributed by atoms with Crippen LogP contribution in [0.4, 0.5) is 5.82 Å². The van der Waals surface area contributed by atoms with Crippen LogP contribution in [0.1, 0.15) is 18.4 Å². The Morgan fingerprint density at radius 2 is 2.23 bits per heavy atom. The molecular formula is C11H14N2. The quantitative estimate of drug-likeness (QED) is 0.647. The fourth-order valence-electron chi connectivity index (χ4n) is 2.44. The van der Waals surface area contributed by atoms with Crippen LogP contribution in [0, 0.1) is 12.8 Å². The summed E-state index contributed by atoms with van der Waals surface area (Å²) >= 11 is 0. The molecule has 1 saturated carbocycles. The van der Waals surface area contributed by atoms with Crippen LogP contribution in [0.5, 0.6) is 0 Å². The number of pyridine rings is 1. The summed E-state index contributed by atoms with van der Waals surface area (Å²) in [6, 6.07) is 5.11. The van der Waals surface area contributed by atoms with Gasteiger partial charge in [-0.05, 0) is 37.3 Å². The molecular weight excluding hydrogens is 160 g/mol. The van der Waals surface area contributed by atoms with Crippen molar-refractivity contribution < 1.29 is 0 Å². The number of rotatable bonds is 1. The normalized spacial score (nSPS) is 30.4. The summed E-state index contributed by atoms with van der Waals surface area (Å²) in [6.45, 7) is 3.32.